The van der Waals surface area contributed by atoms with Crippen LogP contribution in [0.5, 0.6) is 0 Å². The topological polar surface area (TPSA) is 61.0 Å². The highest BCUT2D eigenvalue weighted by molar-refractivity contribution is 5.35. The van der Waals surface area contributed by atoms with Crippen LogP contribution < -0.4 is 10.9 Å². The molecular weight excluding hydrogens is 240 g/mol. The maximum absolute atomic E-state index is 11.7. The SMILES string of the molecule is O=c1cc(NC2CCN(C3CC3)C2)nc(C2CC2)[nH]1. The number of rotatable bonds is 4. The molecule has 0 aromatic carbocycles. The molecule has 2 aliphatic carbocycles. The predicted molar refractivity (Wildman–Crippen MR) is 73.5 cm³/mol. The van der Waals surface area contributed by atoms with Gasteiger partial charge in [-0.25, -0.2) is 4.98 Å². The number of aromatic nitrogens is 2. The third kappa shape index (κ3) is 2.52. The largest absolute Gasteiger partial charge is 0.366 e. The summed E-state index contributed by atoms with van der Waals surface area (Å²) < 4.78 is 0. The molecule has 1 aromatic rings. The maximum Gasteiger partial charge on any atom is 0.252 e. The first-order valence-corrected chi connectivity index (χ1v) is 7.40. The molecule has 0 radical (unpaired) electrons. The molecule has 19 heavy (non-hydrogen) atoms. The van der Waals surface area contributed by atoms with E-state index in [1.807, 2.05) is 0 Å². The average molecular weight is 260 g/mol. The van der Waals surface area contributed by atoms with Crippen molar-refractivity contribution in [1.82, 2.24) is 14.9 Å². The van der Waals surface area contributed by atoms with Crippen molar-refractivity contribution in [3.05, 3.63) is 22.2 Å². The molecule has 4 rings (SSSR count). The van der Waals surface area contributed by atoms with E-state index in [0.29, 0.717) is 12.0 Å². The van der Waals surface area contributed by atoms with Gasteiger partial charge in [0.2, 0.25) is 0 Å². The number of hydrogen-bond donors (Lipinski definition) is 2. The van der Waals surface area contributed by atoms with E-state index in [9.17, 15) is 4.79 Å². The minimum absolute atomic E-state index is 0.0311. The van der Waals surface area contributed by atoms with Gasteiger partial charge >= 0.3 is 0 Å². The smallest absolute Gasteiger partial charge is 0.252 e. The van der Waals surface area contributed by atoms with E-state index in [2.05, 4.69) is 20.2 Å². The van der Waals surface area contributed by atoms with Crippen molar-refractivity contribution < 1.29 is 0 Å². The first kappa shape index (κ1) is 11.5. The number of aromatic amines is 1. The van der Waals surface area contributed by atoms with Crippen molar-refractivity contribution in [1.29, 1.82) is 0 Å². The van der Waals surface area contributed by atoms with Crippen LogP contribution in [0.25, 0.3) is 0 Å². The van der Waals surface area contributed by atoms with Crippen molar-refractivity contribution in [2.24, 2.45) is 0 Å². The zero-order valence-electron chi connectivity index (χ0n) is 11.1. The van der Waals surface area contributed by atoms with Gasteiger partial charge in [0, 0.05) is 37.2 Å². The Bertz CT molecular complexity index is 532. The van der Waals surface area contributed by atoms with Crippen molar-refractivity contribution in [3.8, 4) is 0 Å². The van der Waals surface area contributed by atoms with Gasteiger partial charge < -0.3 is 10.3 Å². The number of hydrogen-bond acceptors (Lipinski definition) is 4. The second kappa shape index (κ2) is 4.34. The van der Waals surface area contributed by atoms with Gasteiger partial charge in [-0.15, -0.1) is 0 Å². The van der Waals surface area contributed by atoms with E-state index in [4.69, 9.17) is 0 Å². The Hall–Kier alpha value is -1.36. The second-order valence-corrected chi connectivity index (χ2v) is 6.15. The Labute approximate surface area is 112 Å². The number of likely N-dealkylation sites (tertiary alicyclic amines) is 1. The molecule has 0 spiro atoms. The lowest BCUT2D eigenvalue weighted by Gasteiger charge is -2.16. The van der Waals surface area contributed by atoms with Gasteiger partial charge in [0.05, 0.1) is 0 Å². The first-order valence-electron chi connectivity index (χ1n) is 7.40. The highest BCUT2D eigenvalue weighted by Crippen LogP contribution is 2.37. The Balaban J connectivity index is 1.45. The van der Waals surface area contributed by atoms with Crippen LogP contribution in [0.1, 0.15) is 43.8 Å². The molecule has 1 unspecified atom stereocenters. The van der Waals surface area contributed by atoms with E-state index in [1.165, 1.54) is 19.4 Å². The number of anilines is 1. The molecule has 1 atom stereocenters. The van der Waals surface area contributed by atoms with Gasteiger partial charge in [0.25, 0.3) is 5.56 Å². The molecule has 0 bridgehead atoms. The van der Waals surface area contributed by atoms with Crippen molar-refractivity contribution in [2.45, 2.75) is 50.1 Å². The van der Waals surface area contributed by atoms with Crippen LogP contribution in [0.3, 0.4) is 0 Å². The van der Waals surface area contributed by atoms with E-state index >= 15 is 0 Å². The van der Waals surface area contributed by atoms with Crippen LogP contribution in [0, 0.1) is 0 Å². The molecule has 1 saturated heterocycles. The number of nitrogens with one attached hydrogen (secondary N) is 2. The van der Waals surface area contributed by atoms with Crippen molar-refractivity contribution >= 4 is 5.82 Å². The molecule has 1 aliphatic heterocycles. The standard InChI is InChI=1S/C14H20N4O/c19-13-7-12(16-14(17-13)9-1-2-9)15-10-5-6-18(8-10)11-3-4-11/h7,9-11H,1-6,8H2,(H2,15,16,17,19). The molecular formula is C14H20N4O. The monoisotopic (exact) mass is 260 g/mol. The highest BCUT2D eigenvalue weighted by atomic mass is 16.1. The molecule has 0 amide bonds. The van der Waals surface area contributed by atoms with Gasteiger partial charge in [-0.2, -0.15) is 0 Å². The average Bonchev–Trinajstić information content (AvgIpc) is 3.28. The Morgan fingerprint density at radius 2 is 2.11 bits per heavy atom. The summed E-state index contributed by atoms with van der Waals surface area (Å²) in [5, 5.41) is 3.44. The molecule has 2 heterocycles. The van der Waals surface area contributed by atoms with Crippen LogP contribution in [-0.2, 0) is 0 Å². The van der Waals surface area contributed by atoms with E-state index in [0.717, 1.165) is 43.5 Å². The van der Waals surface area contributed by atoms with Gasteiger partial charge in [-0.05, 0) is 32.1 Å². The molecule has 2 saturated carbocycles. The molecule has 3 fully saturated rings. The number of H-pyrrole nitrogens is 1. The minimum atomic E-state index is -0.0311. The van der Waals surface area contributed by atoms with E-state index < -0.39 is 0 Å². The molecule has 3 aliphatic rings. The fraction of sp³-hybridized carbons (Fsp3) is 0.714. The highest BCUT2D eigenvalue weighted by Gasteiger charge is 2.34. The van der Waals surface area contributed by atoms with E-state index in [-0.39, 0.29) is 5.56 Å². The summed E-state index contributed by atoms with van der Waals surface area (Å²) in [5.41, 5.74) is -0.0311. The molecule has 102 valence electrons. The minimum Gasteiger partial charge on any atom is -0.366 e. The normalized spacial score (nSPS) is 27.7. The molecule has 2 N–H and O–H groups in total. The predicted octanol–water partition coefficient (Wildman–Crippen LogP) is 1.30. The van der Waals surface area contributed by atoms with Crippen LogP contribution >= 0.6 is 0 Å². The summed E-state index contributed by atoms with van der Waals surface area (Å²) in [6.07, 6.45) is 6.20. The van der Waals surface area contributed by atoms with Gasteiger partial charge in [-0.3, -0.25) is 9.69 Å². The van der Waals surface area contributed by atoms with Gasteiger partial charge in [-0.1, -0.05) is 0 Å². The van der Waals surface area contributed by atoms with Crippen LogP contribution in [0.15, 0.2) is 10.9 Å². The Morgan fingerprint density at radius 3 is 2.84 bits per heavy atom. The summed E-state index contributed by atoms with van der Waals surface area (Å²) in [5.74, 6) is 2.11. The molecule has 1 aromatic heterocycles. The summed E-state index contributed by atoms with van der Waals surface area (Å²) in [7, 11) is 0. The third-order valence-corrected chi connectivity index (χ3v) is 4.36. The van der Waals surface area contributed by atoms with Crippen LogP contribution in [0.2, 0.25) is 0 Å². The lowest BCUT2D eigenvalue weighted by atomic mass is 10.2. The number of nitrogens with zero attached hydrogens (tertiary/aromatic N) is 2. The zero-order chi connectivity index (χ0) is 12.8. The quantitative estimate of drug-likeness (QED) is 0.856. The first-order chi connectivity index (χ1) is 9.28. The maximum atomic E-state index is 11.7. The third-order valence-electron chi connectivity index (χ3n) is 4.36. The summed E-state index contributed by atoms with van der Waals surface area (Å²) in [6.45, 7) is 2.28. The lowest BCUT2D eigenvalue weighted by molar-refractivity contribution is 0.326. The van der Waals surface area contributed by atoms with Crippen LogP contribution in [-0.4, -0.2) is 40.0 Å². The van der Waals surface area contributed by atoms with E-state index in [1.54, 1.807) is 6.07 Å². The molecule has 5 heteroatoms. The summed E-state index contributed by atoms with van der Waals surface area (Å²) in [6, 6.07) is 2.87. The fourth-order valence-electron chi connectivity index (χ4n) is 2.99. The Morgan fingerprint density at radius 1 is 1.26 bits per heavy atom. The van der Waals surface area contributed by atoms with Crippen LogP contribution in [0.4, 0.5) is 5.82 Å². The van der Waals surface area contributed by atoms with Gasteiger partial charge in [0.1, 0.15) is 11.6 Å². The second-order valence-electron chi connectivity index (χ2n) is 6.15. The summed E-state index contributed by atoms with van der Waals surface area (Å²) in [4.78, 5) is 21.6. The van der Waals surface area contributed by atoms with Gasteiger partial charge in [0.15, 0.2) is 0 Å². The van der Waals surface area contributed by atoms with Crippen molar-refractivity contribution in [3.63, 3.8) is 0 Å². The Kier molecular flexibility index (Phi) is 2.62. The molecule has 5 nitrogen and oxygen atoms in total. The fourth-order valence-corrected chi connectivity index (χ4v) is 2.99. The zero-order valence-corrected chi connectivity index (χ0v) is 11.1. The lowest BCUT2D eigenvalue weighted by Crippen LogP contribution is -2.28. The summed E-state index contributed by atoms with van der Waals surface area (Å²) >= 11 is 0. The van der Waals surface area contributed by atoms with Crippen molar-refractivity contribution in [2.75, 3.05) is 18.4 Å².